The lowest BCUT2D eigenvalue weighted by molar-refractivity contribution is -0.334. The van der Waals surface area contributed by atoms with Crippen molar-refractivity contribution in [3.05, 3.63) is 28.8 Å². The molecule has 2 aromatic carbocycles. The summed E-state index contributed by atoms with van der Waals surface area (Å²) >= 11 is 0. The van der Waals surface area contributed by atoms with Crippen LogP contribution in [0.1, 0.15) is 116 Å². The van der Waals surface area contributed by atoms with E-state index in [1.807, 2.05) is 0 Å². The minimum Gasteiger partial charge on any atom is -0.507 e. The zero-order valence-electron chi connectivity index (χ0n) is 48.7. The highest BCUT2D eigenvalue weighted by Gasteiger charge is 2.52. The highest BCUT2D eigenvalue weighted by atomic mass is 16.7. The highest BCUT2D eigenvalue weighted by Crippen LogP contribution is 2.48. The quantitative estimate of drug-likeness (QED) is 0.0982. The molecule has 8 rings (SSSR count). The maximum absolute atomic E-state index is 15.1. The van der Waals surface area contributed by atoms with Crippen LogP contribution in [0.5, 0.6) is 17.2 Å². The maximum atomic E-state index is 15.1. The van der Waals surface area contributed by atoms with Gasteiger partial charge in [-0.25, -0.2) is 0 Å². The molecule has 26 nitrogen and oxygen atoms in total. The van der Waals surface area contributed by atoms with Gasteiger partial charge < -0.3 is 107 Å². The van der Waals surface area contributed by atoms with Crippen molar-refractivity contribution in [2.75, 3.05) is 14.2 Å². The van der Waals surface area contributed by atoms with Gasteiger partial charge in [-0.1, -0.05) is 0 Å². The molecular formula is C57H82O26. The number of ketones is 2. The van der Waals surface area contributed by atoms with Gasteiger partial charge in [0.05, 0.1) is 65.9 Å². The molecule has 466 valence electrons. The number of hydrogen-bond acceptors (Lipinski definition) is 26. The number of ether oxygens (including phenoxy) is 14. The van der Waals surface area contributed by atoms with Crippen molar-refractivity contribution < 1.29 is 126 Å². The maximum Gasteiger partial charge on any atom is 0.303 e. The minimum atomic E-state index is -1.96. The Morgan fingerprint density at radius 3 is 1.78 bits per heavy atom. The van der Waals surface area contributed by atoms with Crippen LogP contribution in [0, 0.1) is 12.8 Å². The van der Waals surface area contributed by atoms with Gasteiger partial charge in [-0.2, -0.15) is 0 Å². The summed E-state index contributed by atoms with van der Waals surface area (Å²) in [6.07, 6.45) is -25.9. The molecule has 0 radical (unpaired) electrons. The number of aliphatic hydroxyl groups excluding tert-OH is 5. The van der Waals surface area contributed by atoms with Gasteiger partial charge in [-0.3, -0.25) is 19.2 Å². The van der Waals surface area contributed by atoms with Gasteiger partial charge in [-0.05, 0) is 84.9 Å². The van der Waals surface area contributed by atoms with E-state index in [1.165, 1.54) is 67.9 Å². The molecule has 0 saturated carbocycles. The average molecular weight is 1180 g/mol. The van der Waals surface area contributed by atoms with Gasteiger partial charge in [0.1, 0.15) is 65.6 Å². The molecule has 0 spiro atoms. The Labute approximate surface area is 480 Å². The van der Waals surface area contributed by atoms with Gasteiger partial charge in [0, 0.05) is 71.7 Å². The van der Waals surface area contributed by atoms with Crippen molar-refractivity contribution in [3.63, 3.8) is 0 Å². The Morgan fingerprint density at radius 2 is 1.22 bits per heavy atom. The molecule has 26 heteroatoms. The molecule has 25 atom stereocenters. The molecule has 1 aliphatic carbocycles. The van der Waals surface area contributed by atoms with E-state index >= 15 is 4.79 Å². The predicted octanol–water partition coefficient (Wildman–Crippen LogP) is 1.55. The van der Waals surface area contributed by atoms with Crippen molar-refractivity contribution in [2.45, 2.75) is 255 Å². The van der Waals surface area contributed by atoms with Crippen LogP contribution < -0.4 is 4.74 Å². The van der Waals surface area contributed by atoms with E-state index in [1.54, 1.807) is 27.7 Å². The molecule has 5 heterocycles. The number of carbonyl (C=O) groups excluding carboxylic acids is 4. The van der Waals surface area contributed by atoms with Crippen molar-refractivity contribution in [2.24, 2.45) is 5.92 Å². The zero-order chi connectivity index (χ0) is 60.8. The van der Waals surface area contributed by atoms with Crippen LogP contribution in [0.4, 0.5) is 0 Å². The molecule has 5 aliphatic heterocycles. The Balaban J connectivity index is 1.04. The number of carbonyl (C=O) groups is 4. The largest absolute Gasteiger partial charge is 0.507 e. The van der Waals surface area contributed by atoms with Crippen molar-refractivity contribution in [3.8, 4) is 17.2 Å². The molecule has 0 aromatic heterocycles. The number of rotatable bonds is 18. The summed E-state index contributed by atoms with van der Waals surface area (Å²) in [6.45, 7) is 14.8. The fraction of sp³-hybridized carbons (Fsp3) is 0.754. The number of aliphatic hydroxyl groups is 6. The topological polar surface area (TPSA) is 359 Å². The van der Waals surface area contributed by atoms with Crippen LogP contribution >= 0.6 is 0 Å². The summed E-state index contributed by atoms with van der Waals surface area (Å²) in [5, 5.41) is 90.1. The number of fused-ring (bicyclic) bond motifs is 2. The van der Waals surface area contributed by atoms with E-state index in [0.29, 0.717) is 0 Å². The Morgan fingerprint density at radius 1 is 0.687 bits per heavy atom. The predicted molar refractivity (Wildman–Crippen MR) is 282 cm³/mol. The molecule has 6 aliphatic rings. The summed E-state index contributed by atoms with van der Waals surface area (Å²) in [7, 11) is 2.64. The third kappa shape index (κ3) is 13.9. The van der Waals surface area contributed by atoms with E-state index < -0.39 is 188 Å². The summed E-state index contributed by atoms with van der Waals surface area (Å²) in [4.78, 5) is 53.2. The number of phenolic OH excluding ortho intramolecular Hbond substituents is 2. The first-order valence-electron chi connectivity index (χ1n) is 28.2. The fourth-order valence-electron chi connectivity index (χ4n) is 12.4. The number of aromatic hydroxyl groups is 2. The minimum absolute atomic E-state index is 0.0251. The van der Waals surface area contributed by atoms with Crippen LogP contribution in [-0.4, -0.2) is 225 Å². The van der Waals surface area contributed by atoms with Crippen LogP contribution in [0.2, 0.25) is 0 Å². The SMILES string of the molecule is CO[C@@H]1[C@H](C)O[C@H](O[C@H]2C[C@@H](Oc3cc4cc5c(c(O)c4c(O)c3C)C(=O)[C@@H](O[C@H]3C[C@@H](O[C@H]4C[C@H](O[C@H]6C[C@](C)(O)[C@@H](OC(C)=O)[C@@H](C)O6)[C@@H](O)[C@@H](C)O4)[C@@H](O)[C@@H](C)O3)[C@@H]([C@H](OC)C(=O)[C@@H](O)[C@@H](C)O)C5)O[C@@H](C)[C@H]2OC(C)=O)C[C@@H]1O. The van der Waals surface area contributed by atoms with Crippen molar-refractivity contribution >= 4 is 34.3 Å². The molecule has 8 N–H and O–H groups in total. The first kappa shape index (κ1) is 64.7. The summed E-state index contributed by atoms with van der Waals surface area (Å²) in [5.74, 6) is -5.32. The fourth-order valence-corrected chi connectivity index (χ4v) is 12.4. The van der Waals surface area contributed by atoms with Gasteiger partial charge in [-0.15, -0.1) is 0 Å². The van der Waals surface area contributed by atoms with Gasteiger partial charge in [0.15, 0.2) is 48.9 Å². The number of methoxy groups -OCH3 is 2. The summed E-state index contributed by atoms with van der Waals surface area (Å²) in [6, 6.07) is 3.04. The number of Topliss-reactive ketones (excluding diaryl/α,β-unsaturated/α-hetero) is 2. The van der Waals surface area contributed by atoms with Gasteiger partial charge in [0.25, 0.3) is 0 Å². The number of hydrogen-bond donors (Lipinski definition) is 8. The van der Waals surface area contributed by atoms with Crippen LogP contribution in [-0.2, 0) is 82.4 Å². The third-order valence-electron chi connectivity index (χ3n) is 16.6. The van der Waals surface area contributed by atoms with Gasteiger partial charge >= 0.3 is 11.9 Å². The summed E-state index contributed by atoms with van der Waals surface area (Å²) < 4.78 is 84.2. The first-order valence-corrected chi connectivity index (χ1v) is 28.2. The Hall–Kier alpha value is -4.30. The monoisotopic (exact) mass is 1180 g/mol. The van der Waals surface area contributed by atoms with Gasteiger partial charge in [0.2, 0.25) is 6.29 Å². The van der Waals surface area contributed by atoms with Crippen molar-refractivity contribution in [1.82, 2.24) is 0 Å². The third-order valence-corrected chi connectivity index (χ3v) is 16.6. The molecule has 0 amide bonds. The molecule has 0 unspecified atom stereocenters. The van der Waals surface area contributed by atoms with E-state index in [-0.39, 0.29) is 71.7 Å². The molecule has 2 aromatic rings. The highest BCUT2D eigenvalue weighted by molar-refractivity contribution is 6.11. The average Bonchev–Trinajstić information content (AvgIpc) is 3.47. The normalized spacial score (nSPS) is 39.7. The molecule has 83 heavy (non-hydrogen) atoms. The second-order valence-corrected chi connectivity index (χ2v) is 23.1. The lowest BCUT2D eigenvalue weighted by Crippen LogP contribution is -2.59. The van der Waals surface area contributed by atoms with Crippen LogP contribution in [0.25, 0.3) is 10.8 Å². The number of esters is 2. The Kier molecular flexibility index (Phi) is 20.5. The molecular weight excluding hydrogens is 1100 g/mol. The van der Waals surface area contributed by atoms with Crippen LogP contribution in [0.3, 0.4) is 0 Å². The standard InChI is InChI=1S/C57H82O26/c1-21-34(79-40-19-37(53(26(6)75-40)77-28(8)59)82-38-16-33(61)52(70-11)25(5)74-38)15-31-13-30-14-32(54(71-12)51(68)46(63)22(2)58)55(50(67)44(30)49(66)43(31)45(21)62)83-41-18-35(47(64)24(4)73-41)80-39-17-36(48(65)23(3)72-39)81-42-20-57(10,69)56(27(7)76-42)78-29(9)60/h13,15,22-27,32-33,35-42,46-48,52-56,58,61-66,69H,14,16-20H2,1-12H3/t22-,23-,24-,25+,26+,27-,32-,33+,35-,36+,37+,38-,39+,40-,41+,42+,46+,47+,48+,52-,53-,54+,55+,56+,57+/m1/s1. The smallest absolute Gasteiger partial charge is 0.303 e. The number of phenols is 2. The molecule has 5 fully saturated rings. The lowest BCUT2D eigenvalue weighted by atomic mass is 9.75. The lowest BCUT2D eigenvalue weighted by Gasteiger charge is -2.46. The second kappa shape index (κ2) is 26.4. The van der Waals surface area contributed by atoms with E-state index in [2.05, 4.69) is 0 Å². The molecule has 0 bridgehead atoms. The summed E-state index contributed by atoms with van der Waals surface area (Å²) in [5.41, 5.74) is -1.51. The zero-order valence-corrected chi connectivity index (χ0v) is 48.7. The second-order valence-electron chi connectivity index (χ2n) is 23.1. The van der Waals surface area contributed by atoms with Crippen molar-refractivity contribution in [1.29, 1.82) is 0 Å². The molecule has 5 saturated heterocycles. The van der Waals surface area contributed by atoms with Crippen LogP contribution in [0.15, 0.2) is 12.1 Å². The Bertz CT molecular complexity index is 2620. The first-order chi connectivity index (χ1) is 39.0. The van der Waals surface area contributed by atoms with E-state index in [0.717, 1.165) is 0 Å². The van der Waals surface area contributed by atoms with E-state index in [4.69, 9.17) is 66.3 Å². The van der Waals surface area contributed by atoms with E-state index in [9.17, 15) is 55.2 Å². The number of benzene rings is 2.